The molecule has 2 heterocycles. The first kappa shape index (κ1) is 20.4. The quantitative estimate of drug-likeness (QED) is 0.700. The number of carbonyl (C=O) groups excluding carboxylic acids is 2. The average molecular weight is 430 g/mol. The summed E-state index contributed by atoms with van der Waals surface area (Å²) in [6.07, 6.45) is 4.98. The van der Waals surface area contributed by atoms with E-state index >= 15 is 0 Å². The maximum atomic E-state index is 12.8. The normalized spacial score (nSPS) is 18.2. The van der Waals surface area contributed by atoms with E-state index in [1.165, 1.54) is 6.20 Å². The minimum absolute atomic E-state index is 0.0394. The zero-order valence-corrected chi connectivity index (χ0v) is 17.5. The summed E-state index contributed by atoms with van der Waals surface area (Å²) in [4.78, 5) is 34.7. The van der Waals surface area contributed by atoms with Crippen molar-refractivity contribution in [3.8, 4) is 5.88 Å². The van der Waals surface area contributed by atoms with Gasteiger partial charge in [-0.15, -0.1) is 0 Å². The van der Waals surface area contributed by atoms with Gasteiger partial charge >= 0.3 is 0 Å². The topological polar surface area (TPSA) is 96.5 Å². The van der Waals surface area contributed by atoms with Crippen LogP contribution in [0.3, 0.4) is 0 Å². The molecule has 4 rings (SSSR count). The molecular formula is C21H24ClN5O3. The molecule has 2 amide bonds. The van der Waals surface area contributed by atoms with Crippen molar-refractivity contribution in [1.82, 2.24) is 14.9 Å². The monoisotopic (exact) mass is 429 g/mol. The van der Waals surface area contributed by atoms with Gasteiger partial charge in [-0.05, 0) is 43.5 Å². The molecule has 30 heavy (non-hydrogen) atoms. The van der Waals surface area contributed by atoms with Gasteiger partial charge in [-0.3, -0.25) is 9.59 Å². The molecule has 1 atom stereocenters. The fourth-order valence-electron chi connectivity index (χ4n) is 3.22. The molecule has 0 spiro atoms. The third kappa shape index (κ3) is 4.99. The van der Waals surface area contributed by atoms with Crippen molar-refractivity contribution in [3.05, 3.63) is 41.0 Å². The maximum Gasteiger partial charge on any atom is 0.253 e. The van der Waals surface area contributed by atoms with Gasteiger partial charge in [-0.1, -0.05) is 18.5 Å². The smallest absolute Gasteiger partial charge is 0.253 e. The fourth-order valence-corrected chi connectivity index (χ4v) is 3.36. The highest BCUT2D eigenvalue weighted by atomic mass is 35.5. The number of likely N-dealkylation sites (tertiary alicyclic amines) is 1. The molecule has 0 bridgehead atoms. The van der Waals surface area contributed by atoms with Gasteiger partial charge in [0.1, 0.15) is 11.1 Å². The third-order valence-electron chi connectivity index (χ3n) is 5.06. The molecule has 1 aliphatic carbocycles. The van der Waals surface area contributed by atoms with E-state index in [2.05, 4.69) is 20.6 Å². The first-order valence-corrected chi connectivity index (χ1v) is 10.5. The Morgan fingerprint density at radius 2 is 2.00 bits per heavy atom. The second-order valence-corrected chi connectivity index (χ2v) is 7.93. The van der Waals surface area contributed by atoms with Crippen molar-refractivity contribution in [2.24, 2.45) is 0 Å². The van der Waals surface area contributed by atoms with Crippen LogP contribution < -0.4 is 15.4 Å². The molecule has 1 saturated heterocycles. The van der Waals surface area contributed by atoms with Gasteiger partial charge in [0.15, 0.2) is 0 Å². The Kier molecular flexibility index (Phi) is 6.03. The van der Waals surface area contributed by atoms with Gasteiger partial charge in [0.2, 0.25) is 17.7 Å². The summed E-state index contributed by atoms with van der Waals surface area (Å²) < 4.78 is 5.71. The lowest BCUT2D eigenvalue weighted by Crippen LogP contribution is -2.31. The summed E-state index contributed by atoms with van der Waals surface area (Å²) in [6, 6.07) is 7.01. The van der Waals surface area contributed by atoms with E-state index in [-0.39, 0.29) is 24.0 Å². The average Bonchev–Trinajstić information content (AvgIpc) is 3.45. The zero-order valence-electron chi connectivity index (χ0n) is 16.7. The van der Waals surface area contributed by atoms with Crippen LogP contribution in [0.25, 0.3) is 0 Å². The Bertz CT molecular complexity index is 933. The second-order valence-electron chi connectivity index (χ2n) is 7.52. The van der Waals surface area contributed by atoms with Crippen LogP contribution in [-0.4, -0.2) is 51.9 Å². The van der Waals surface area contributed by atoms with Gasteiger partial charge in [-0.2, -0.15) is 4.98 Å². The van der Waals surface area contributed by atoms with Crippen molar-refractivity contribution in [1.29, 1.82) is 0 Å². The lowest BCUT2D eigenvalue weighted by Gasteiger charge is -2.18. The molecule has 1 aromatic heterocycles. The van der Waals surface area contributed by atoms with Crippen LogP contribution in [0, 0.1) is 0 Å². The molecule has 1 unspecified atom stereocenters. The summed E-state index contributed by atoms with van der Waals surface area (Å²) >= 11 is 6.11. The summed E-state index contributed by atoms with van der Waals surface area (Å²) in [5, 5.41) is 6.45. The van der Waals surface area contributed by atoms with Crippen LogP contribution >= 0.6 is 11.6 Å². The fraction of sp³-hybridized carbons (Fsp3) is 0.429. The van der Waals surface area contributed by atoms with E-state index in [1.54, 1.807) is 36.1 Å². The Hall–Kier alpha value is -2.87. The standard InChI is InChI=1S/C21H24ClN5O3/c1-2-18(28)24-14-5-3-13(4-6-14)20(29)27-10-9-15(12-27)25-21-23-11-17(22)19(26-21)30-16-7-8-16/h3-6,11,15-16H,2,7-10,12H2,1H3,(H,24,28)(H,23,25,26). The Labute approximate surface area is 180 Å². The number of anilines is 2. The number of hydrogen-bond acceptors (Lipinski definition) is 6. The number of hydrogen-bond donors (Lipinski definition) is 2. The van der Waals surface area contributed by atoms with Crippen LogP contribution in [-0.2, 0) is 4.79 Å². The molecule has 1 aromatic carbocycles. The molecule has 1 saturated carbocycles. The number of nitrogens with one attached hydrogen (secondary N) is 2. The predicted molar refractivity (Wildman–Crippen MR) is 114 cm³/mol. The van der Waals surface area contributed by atoms with Crippen molar-refractivity contribution < 1.29 is 14.3 Å². The summed E-state index contributed by atoms with van der Waals surface area (Å²) in [6.45, 7) is 2.99. The lowest BCUT2D eigenvalue weighted by atomic mass is 10.2. The molecule has 2 N–H and O–H groups in total. The number of nitrogens with zero attached hydrogens (tertiary/aromatic N) is 3. The maximum absolute atomic E-state index is 12.8. The number of carbonyl (C=O) groups is 2. The summed E-state index contributed by atoms with van der Waals surface area (Å²) in [7, 11) is 0. The van der Waals surface area contributed by atoms with E-state index in [4.69, 9.17) is 16.3 Å². The van der Waals surface area contributed by atoms with Crippen LogP contribution in [0.2, 0.25) is 5.02 Å². The molecule has 1 aliphatic heterocycles. The molecule has 9 heteroatoms. The van der Waals surface area contributed by atoms with Gasteiger partial charge in [0, 0.05) is 36.8 Å². The predicted octanol–water partition coefficient (Wildman–Crippen LogP) is 3.35. The third-order valence-corrected chi connectivity index (χ3v) is 5.32. The number of benzene rings is 1. The van der Waals surface area contributed by atoms with Crippen LogP contribution in [0.4, 0.5) is 11.6 Å². The van der Waals surface area contributed by atoms with Gasteiger partial charge in [0.05, 0.1) is 6.20 Å². The highest BCUT2D eigenvalue weighted by Gasteiger charge is 2.28. The SMILES string of the molecule is CCC(=O)Nc1ccc(C(=O)N2CCC(Nc3ncc(Cl)c(OC4CC4)n3)C2)cc1. The van der Waals surface area contributed by atoms with E-state index < -0.39 is 0 Å². The summed E-state index contributed by atoms with van der Waals surface area (Å²) in [5.41, 5.74) is 1.27. The van der Waals surface area contributed by atoms with Crippen molar-refractivity contribution in [2.75, 3.05) is 23.7 Å². The summed E-state index contributed by atoms with van der Waals surface area (Å²) in [5.74, 6) is 0.753. The highest BCUT2D eigenvalue weighted by molar-refractivity contribution is 6.31. The van der Waals surface area contributed by atoms with Crippen molar-refractivity contribution in [3.63, 3.8) is 0 Å². The van der Waals surface area contributed by atoms with Crippen molar-refractivity contribution >= 4 is 35.1 Å². The molecule has 158 valence electrons. The number of rotatable bonds is 7. The molecular weight excluding hydrogens is 406 g/mol. The largest absolute Gasteiger partial charge is 0.473 e. The molecule has 2 aliphatic rings. The number of amides is 2. The first-order chi connectivity index (χ1) is 14.5. The molecule has 2 aromatic rings. The Balaban J connectivity index is 1.33. The van der Waals surface area contributed by atoms with Crippen LogP contribution in [0.1, 0.15) is 43.0 Å². The first-order valence-electron chi connectivity index (χ1n) is 10.2. The van der Waals surface area contributed by atoms with Crippen LogP contribution in [0.15, 0.2) is 30.5 Å². The van der Waals surface area contributed by atoms with Gasteiger partial charge < -0.3 is 20.3 Å². The molecule has 2 fully saturated rings. The highest BCUT2D eigenvalue weighted by Crippen LogP contribution is 2.30. The number of halogens is 1. The van der Waals surface area contributed by atoms with Gasteiger partial charge in [0.25, 0.3) is 5.91 Å². The van der Waals surface area contributed by atoms with Gasteiger partial charge in [-0.25, -0.2) is 4.98 Å². The van der Waals surface area contributed by atoms with E-state index in [0.717, 1.165) is 19.3 Å². The lowest BCUT2D eigenvalue weighted by molar-refractivity contribution is -0.115. The number of ether oxygens (including phenoxy) is 1. The second kappa shape index (κ2) is 8.87. The van der Waals surface area contributed by atoms with Crippen molar-refractivity contribution in [2.45, 2.75) is 44.8 Å². The van der Waals surface area contributed by atoms with Crippen LogP contribution in [0.5, 0.6) is 5.88 Å². The minimum Gasteiger partial charge on any atom is -0.473 e. The molecule has 0 radical (unpaired) electrons. The van der Waals surface area contributed by atoms with E-state index in [9.17, 15) is 9.59 Å². The Morgan fingerprint density at radius 3 is 2.70 bits per heavy atom. The Morgan fingerprint density at radius 1 is 1.23 bits per heavy atom. The zero-order chi connectivity index (χ0) is 21.1. The van der Waals surface area contributed by atoms with E-state index in [1.807, 2.05) is 0 Å². The number of aromatic nitrogens is 2. The molecule has 8 nitrogen and oxygen atoms in total. The minimum atomic E-state index is -0.0577. The van der Waals surface area contributed by atoms with E-state index in [0.29, 0.717) is 47.6 Å².